The van der Waals surface area contributed by atoms with Crippen LogP contribution in [-0.4, -0.2) is 0 Å². The van der Waals surface area contributed by atoms with Gasteiger partial charge in [-0.05, 0) is 59.5 Å². The standard InChI is InChI=1S/C23H33/c1-14-13-23(10,19-18(14)22(19,8)9)15-11-16(20(2,3)4)17(12-15)21(5,6)7/h11H,12H2,1-10H3. The highest BCUT2D eigenvalue weighted by Gasteiger charge is 2.59. The number of hydrogen-bond acceptors (Lipinski definition) is 0. The summed E-state index contributed by atoms with van der Waals surface area (Å²) < 4.78 is 0. The van der Waals surface area contributed by atoms with Crippen LogP contribution in [0.25, 0.3) is 0 Å². The molecule has 125 valence electrons. The Morgan fingerprint density at radius 1 is 0.957 bits per heavy atom. The third-order valence-electron chi connectivity index (χ3n) is 6.12. The van der Waals surface area contributed by atoms with Crippen molar-refractivity contribution in [3.8, 4) is 0 Å². The van der Waals surface area contributed by atoms with E-state index in [1.54, 1.807) is 27.9 Å². The van der Waals surface area contributed by atoms with Crippen LogP contribution in [0.2, 0.25) is 0 Å². The molecule has 0 fully saturated rings. The van der Waals surface area contributed by atoms with Crippen molar-refractivity contribution in [1.29, 1.82) is 0 Å². The second kappa shape index (κ2) is 4.32. The highest BCUT2D eigenvalue weighted by Crippen LogP contribution is 2.70. The number of rotatable bonds is 1. The van der Waals surface area contributed by atoms with Crippen molar-refractivity contribution in [2.45, 2.75) is 75.7 Å². The van der Waals surface area contributed by atoms with Crippen LogP contribution in [0.1, 0.15) is 75.7 Å². The molecule has 1 unspecified atom stereocenters. The van der Waals surface area contributed by atoms with E-state index >= 15 is 0 Å². The zero-order valence-corrected chi connectivity index (χ0v) is 16.8. The van der Waals surface area contributed by atoms with E-state index in [2.05, 4.69) is 81.4 Å². The fraction of sp³-hybridized carbons (Fsp3) is 0.652. The van der Waals surface area contributed by atoms with Crippen molar-refractivity contribution < 1.29 is 0 Å². The van der Waals surface area contributed by atoms with Crippen molar-refractivity contribution >= 4 is 0 Å². The Kier molecular flexibility index (Phi) is 3.16. The third-order valence-corrected chi connectivity index (χ3v) is 6.12. The van der Waals surface area contributed by atoms with Crippen LogP contribution in [0.3, 0.4) is 0 Å². The Morgan fingerprint density at radius 3 is 1.87 bits per heavy atom. The molecule has 0 aromatic carbocycles. The summed E-state index contributed by atoms with van der Waals surface area (Å²) in [5, 5.41) is 0. The Balaban J connectivity index is 2.05. The van der Waals surface area contributed by atoms with E-state index in [0.717, 1.165) is 6.42 Å². The molecule has 0 bridgehead atoms. The van der Waals surface area contributed by atoms with Gasteiger partial charge in [0, 0.05) is 10.8 Å². The van der Waals surface area contributed by atoms with Gasteiger partial charge in [0.25, 0.3) is 0 Å². The first-order valence-electron chi connectivity index (χ1n) is 9.03. The van der Waals surface area contributed by atoms with Crippen molar-refractivity contribution in [2.24, 2.45) is 21.7 Å². The maximum atomic E-state index is 3.82. The van der Waals surface area contributed by atoms with Crippen LogP contribution in [0.15, 0.2) is 39.5 Å². The van der Waals surface area contributed by atoms with E-state index in [1.165, 1.54) is 5.57 Å². The summed E-state index contributed by atoms with van der Waals surface area (Å²) in [6, 6.07) is 0. The minimum atomic E-state index is 0.0203. The van der Waals surface area contributed by atoms with Gasteiger partial charge < -0.3 is 0 Å². The molecule has 0 nitrogen and oxygen atoms in total. The molecule has 0 aliphatic heterocycles. The molecule has 0 spiro atoms. The molecule has 0 saturated carbocycles. The molecular formula is C23H33. The van der Waals surface area contributed by atoms with Crippen molar-refractivity contribution in [3.63, 3.8) is 0 Å². The first kappa shape index (κ1) is 16.8. The average Bonchev–Trinajstić information content (AvgIpc) is 2.72. The lowest BCUT2D eigenvalue weighted by Gasteiger charge is -2.31. The molecule has 0 N–H and O–H groups in total. The Labute approximate surface area is 143 Å². The van der Waals surface area contributed by atoms with Gasteiger partial charge in [-0.25, -0.2) is 0 Å². The van der Waals surface area contributed by atoms with Crippen LogP contribution in [0.5, 0.6) is 0 Å². The lowest BCUT2D eigenvalue weighted by Crippen LogP contribution is -2.21. The molecule has 0 saturated heterocycles. The molecule has 0 aromatic rings. The molecule has 3 aliphatic rings. The van der Waals surface area contributed by atoms with Gasteiger partial charge in [0.15, 0.2) is 0 Å². The van der Waals surface area contributed by atoms with Gasteiger partial charge in [-0.15, -0.1) is 0 Å². The van der Waals surface area contributed by atoms with Gasteiger partial charge in [-0.3, -0.25) is 0 Å². The predicted octanol–water partition coefficient (Wildman–Crippen LogP) is 6.81. The topological polar surface area (TPSA) is 0 Å². The summed E-state index contributed by atoms with van der Waals surface area (Å²) in [4.78, 5) is 0. The zero-order chi connectivity index (χ0) is 17.6. The summed E-state index contributed by atoms with van der Waals surface area (Å²) in [6.45, 7) is 23.5. The zero-order valence-electron chi connectivity index (χ0n) is 16.8. The summed E-state index contributed by atoms with van der Waals surface area (Å²) >= 11 is 0. The largest absolute Gasteiger partial charge is 0.0578 e. The van der Waals surface area contributed by atoms with Crippen LogP contribution in [0.4, 0.5) is 0 Å². The highest BCUT2D eigenvalue weighted by molar-refractivity contribution is 5.70. The minimum Gasteiger partial charge on any atom is -0.0578 e. The van der Waals surface area contributed by atoms with Crippen LogP contribution < -0.4 is 0 Å². The van der Waals surface area contributed by atoms with Crippen molar-refractivity contribution in [3.05, 3.63) is 45.6 Å². The molecule has 0 amide bonds. The summed E-state index contributed by atoms with van der Waals surface area (Å²) in [5.41, 5.74) is 10.0. The fourth-order valence-corrected chi connectivity index (χ4v) is 5.00. The first-order chi connectivity index (χ1) is 10.2. The van der Waals surface area contributed by atoms with Crippen LogP contribution >= 0.6 is 0 Å². The SMILES string of the molecule is CC1=[C]C(C)(C2=CC(C(C)(C)C)=C(C(C)(C)C)C2)C2=C1C2(C)C. The number of allylic oxidation sites excluding steroid dienone is 8. The molecule has 0 heterocycles. The average molecular weight is 310 g/mol. The molecule has 23 heavy (non-hydrogen) atoms. The van der Waals surface area contributed by atoms with Crippen molar-refractivity contribution in [1.82, 2.24) is 0 Å². The van der Waals surface area contributed by atoms with Gasteiger partial charge in [-0.1, -0.05) is 72.6 Å². The molecule has 3 rings (SSSR count). The maximum Gasteiger partial charge on any atom is 0.0369 e. The summed E-state index contributed by atoms with van der Waals surface area (Å²) in [7, 11) is 0. The van der Waals surface area contributed by atoms with E-state index in [-0.39, 0.29) is 21.7 Å². The van der Waals surface area contributed by atoms with E-state index in [4.69, 9.17) is 0 Å². The van der Waals surface area contributed by atoms with Crippen molar-refractivity contribution in [2.75, 3.05) is 0 Å². The molecule has 1 radical (unpaired) electrons. The molecule has 1 atom stereocenters. The van der Waals surface area contributed by atoms with Gasteiger partial charge >= 0.3 is 0 Å². The predicted molar refractivity (Wildman–Crippen MR) is 100.0 cm³/mol. The summed E-state index contributed by atoms with van der Waals surface area (Å²) in [5.74, 6) is 0. The molecule has 0 aromatic heterocycles. The smallest absolute Gasteiger partial charge is 0.0369 e. The van der Waals surface area contributed by atoms with Gasteiger partial charge in [-0.2, -0.15) is 0 Å². The normalized spacial score (nSPS) is 29.8. The third kappa shape index (κ3) is 2.24. The maximum absolute atomic E-state index is 3.82. The quantitative estimate of drug-likeness (QED) is 0.499. The highest BCUT2D eigenvalue weighted by atomic mass is 14.6. The lowest BCUT2D eigenvalue weighted by molar-refractivity contribution is 0.445. The monoisotopic (exact) mass is 309 g/mol. The Bertz CT molecular complexity index is 702. The van der Waals surface area contributed by atoms with Crippen LogP contribution in [-0.2, 0) is 0 Å². The van der Waals surface area contributed by atoms with Gasteiger partial charge in [0.05, 0.1) is 0 Å². The molecule has 3 aliphatic carbocycles. The molecular weight excluding hydrogens is 276 g/mol. The van der Waals surface area contributed by atoms with E-state index < -0.39 is 0 Å². The fourth-order valence-electron chi connectivity index (χ4n) is 5.00. The second-order valence-electron chi connectivity index (χ2n) is 10.5. The first-order valence-corrected chi connectivity index (χ1v) is 9.03. The van der Waals surface area contributed by atoms with E-state index in [1.807, 2.05) is 0 Å². The van der Waals surface area contributed by atoms with Gasteiger partial charge in [0.1, 0.15) is 0 Å². The Hall–Kier alpha value is -1.04. The van der Waals surface area contributed by atoms with Crippen LogP contribution in [0, 0.1) is 27.7 Å². The Morgan fingerprint density at radius 2 is 1.52 bits per heavy atom. The lowest BCUT2D eigenvalue weighted by atomic mass is 9.72. The van der Waals surface area contributed by atoms with Gasteiger partial charge in [0.2, 0.25) is 0 Å². The van der Waals surface area contributed by atoms with E-state index in [0.29, 0.717) is 0 Å². The second-order valence-corrected chi connectivity index (χ2v) is 10.5. The summed E-state index contributed by atoms with van der Waals surface area (Å²) in [6.07, 6.45) is 7.45. The van der Waals surface area contributed by atoms with E-state index in [9.17, 15) is 0 Å². The molecule has 0 heteroatoms. The number of hydrogen-bond donors (Lipinski definition) is 0. The minimum absolute atomic E-state index is 0.0203.